The molecule has 2 heterocycles. The summed E-state index contributed by atoms with van der Waals surface area (Å²) in [6, 6.07) is 0. The molecular formula is C15H27BO4. The lowest BCUT2D eigenvalue weighted by Gasteiger charge is -2.32. The van der Waals surface area contributed by atoms with E-state index in [2.05, 4.69) is 33.8 Å². The van der Waals surface area contributed by atoms with Crippen molar-refractivity contribution >= 4 is 7.12 Å². The first-order chi connectivity index (χ1) is 9.41. The second kappa shape index (κ2) is 6.61. The van der Waals surface area contributed by atoms with Gasteiger partial charge in [-0.3, -0.25) is 0 Å². The van der Waals surface area contributed by atoms with Crippen molar-refractivity contribution in [2.75, 3.05) is 13.2 Å². The lowest BCUT2D eigenvalue weighted by atomic mass is 9.85. The molecule has 0 spiro atoms. The van der Waals surface area contributed by atoms with Crippen LogP contribution in [0.3, 0.4) is 0 Å². The monoisotopic (exact) mass is 282 g/mol. The molecule has 2 aliphatic rings. The molecule has 1 unspecified atom stereocenters. The molecule has 0 bridgehead atoms. The van der Waals surface area contributed by atoms with Gasteiger partial charge in [-0.2, -0.15) is 0 Å². The topological polar surface area (TPSA) is 36.9 Å². The number of rotatable bonds is 5. The summed E-state index contributed by atoms with van der Waals surface area (Å²) in [5.74, 6) is 0. The maximum atomic E-state index is 5.92. The molecule has 0 aromatic heterocycles. The standard InChI is InChI=1S/C15H27BO4/c1-14(2)15(3,4)20-16(19-14)10-6-8-12-18-13-9-5-7-11-17-13/h6,8,13H,5,7,9-12H2,1-4H3/b8-6+. The Hall–Kier alpha value is -0.355. The van der Waals surface area contributed by atoms with Gasteiger partial charge in [-0.1, -0.05) is 12.2 Å². The minimum atomic E-state index is -0.252. The number of allylic oxidation sites excluding steroid dienone is 1. The summed E-state index contributed by atoms with van der Waals surface area (Å²) in [7, 11) is -0.165. The molecule has 0 saturated carbocycles. The van der Waals surface area contributed by atoms with Crippen LogP contribution in [-0.2, 0) is 18.8 Å². The van der Waals surface area contributed by atoms with E-state index < -0.39 is 0 Å². The number of ether oxygens (including phenoxy) is 2. The predicted octanol–water partition coefficient (Wildman–Crippen LogP) is 3.18. The maximum absolute atomic E-state index is 5.92. The van der Waals surface area contributed by atoms with Crippen LogP contribution in [0.4, 0.5) is 0 Å². The first-order valence-electron chi connectivity index (χ1n) is 7.64. The van der Waals surface area contributed by atoms with E-state index in [9.17, 15) is 0 Å². The quantitative estimate of drug-likeness (QED) is 0.573. The third-order valence-corrected chi connectivity index (χ3v) is 4.31. The molecule has 0 aromatic carbocycles. The van der Waals surface area contributed by atoms with Gasteiger partial charge in [0.25, 0.3) is 0 Å². The Morgan fingerprint density at radius 3 is 2.40 bits per heavy atom. The lowest BCUT2D eigenvalue weighted by Crippen LogP contribution is -2.41. The summed E-state index contributed by atoms with van der Waals surface area (Å²) < 4.78 is 23.0. The molecule has 0 N–H and O–H groups in total. The molecule has 2 saturated heterocycles. The van der Waals surface area contributed by atoms with Crippen molar-refractivity contribution in [3.63, 3.8) is 0 Å². The first kappa shape index (κ1) is 16.0. The smallest absolute Gasteiger partial charge is 0.403 e. The summed E-state index contributed by atoms with van der Waals surface area (Å²) in [6.07, 6.45) is 8.16. The highest BCUT2D eigenvalue weighted by molar-refractivity contribution is 6.46. The molecular weight excluding hydrogens is 255 g/mol. The molecule has 1 atom stereocenters. The zero-order valence-corrected chi connectivity index (χ0v) is 13.2. The van der Waals surface area contributed by atoms with Crippen LogP contribution in [0, 0.1) is 0 Å². The van der Waals surface area contributed by atoms with Crippen molar-refractivity contribution in [3.8, 4) is 0 Å². The van der Waals surface area contributed by atoms with Crippen molar-refractivity contribution in [2.45, 2.75) is 70.8 Å². The highest BCUT2D eigenvalue weighted by Crippen LogP contribution is 2.37. The Balaban J connectivity index is 1.64. The van der Waals surface area contributed by atoms with Gasteiger partial charge in [-0.05, 0) is 47.0 Å². The van der Waals surface area contributed by atoms with E-state index in [0.29, 0.717) is 6.61 Å². The predicted molar refractivity (Wildman–Crippen MR) is 79.6 cm³/mol. The van der Waals surface area contributed by atoms with E-state index in [0.717, 1.165) is 25.8 Å². The summed E-state index contributed by atoms with van der Waals surface area (Å²) in [5, 5.41) is 0. The van der Waals surface area contributed by atoms with Gasteiger partial charge in [0.15, 0.2) is 6.29 Å². The fraction of sp³-hybridized carbons (Fsp3) is 0.867. The molecule has 2 rings (SSSR count). The van der Waals surface area contributed by atoms with Crippen molar-refractivity contribution < 1.29 is 18.8 Å². The van der Waals surface area contributed by atoms with E-state index in [1.165, 1.54) is 6.42 Å². The average molecular weight is 282 g/mol. The van der Waals surface area contributed by atoms with Crippen molar-refractivity contribution in [2.24, 2.45) is 0 Å². The molecule has 114 valence electrons. The molecule has 5 heteroatoms. The Kier molecular flexibility index (Phi) is 5.29. The lowest BCUT2D eigenvalue weighted by molar-refractivity contribution is -0.155. The van der Waals surface area contributed by atoms with E-state index in [4.69, 9.17) is 18.8 Å². The molecule has 0 aliphatic carbocycles. The third kappa shape index (κ3) is 4.07. The fourth-order valence-electron chi connectivity index (χ4n) is 2.34. The molecule has 0 radical (unpaired) electrons. The SMILES string of the molecule is CC1(C)OB(C/C=C/COC2CCCCO2)OC1(C)C. The third-order valence-electron chi connectivity index (χ3n) is 4.31. The summed E-state index contributed by atoms with van der Waals surface area (Å²) in [5.41, 5.74) is -0.504. The molecule has 0 aromatic rings. The van der Waals surface area contributed by atoms with Crippen molar-refractivity contribution in [3.05, 3.63) is 12.2 Å². The summed E-state index contributed by atoms with van der Waals surface area (Å²) in [4.78, 5) is 0. The van der Waals surface area contributed by atoms with Crippen molar-refractivity contribution in [1.29, 1.82) is 0 Å². The van der Waals surface area contributed by atoms with E-state index in [1.807, 2.05) is 6.08 Å². The largest absolute Gasteiger partial charge is 0.461 e. The van der Waals surface area contributed by atoms with Gasteiger partial charge in [-0.25, -0.2) is 0 Å². The van der Waals surface area contributed by atoms with Crippen LogP contribution in [0.15, 0.2) is 12.2 Å². The normalized spacial score (nSPS) is 29.2. The van der Waals surface area contributed by atoms with E-state index in [-0.39, 0.29) is 24.6 Å². The van der Waals surface area contributed by atoms with Crippen LogP contribution in [0.25, 0.3) is 0 Å². The minimum Gasteiger partial charge on any atom is -0.403 e. The van der Waals surface area contributed by atoms with Crippen molar-refractivity contribution in [1.82, 2.24) is 0 Å². The Labute approximate surface area is 122 Å². The van der Waals surface area contributed by atoms with Crippen LogP contribution in [0.2, 0.25) is 6.32 Å². The second-order valence-corrected chi connectivity index (χ2v) is 6.52. The maximum Gasteiger partial charge on any atom is 0.461 e. The van der Waals surface area contributed by atoms with Gasteiger partial charge in [0.2, 0.25) is 0 Å². The van der Waals surface area contributed by atoms with Gasteiger partial charge >= 0.3 is 7.12 Å². The minimum absolute atomic E-state index is 0.0229. The van der Waals surface area contributed by atoms with E-state index in [1.54, 1.807) is 0 Å². The van der Waals surface area contributed by atoms with Crippen LogP contribution in [0.1, 0.15) is 47.0 Å². The highest BCUT2D eigenvalue weighted by atomic mass is 16.7. The summed E-state index contributed by atoms with van der Waals surface area (Å²) in [6.45, 7) is 9.69. The van der Waals surface area contributed by atoms with Crippen LogP contribution in [0.5, 0.6) is 0 Å². The zero-order valence-electron chi connectivity index (χ0n) is 13.2. The fourth-order valence-corrected chi connectivity index (χ4v) is 2.34. The van der Waals surface area contributed by atoms with Crippen LogP contribution < -0.4 is 0 Å². The van der Waals surface area contributed by atoms with Gasteiger partial charge in [0.1, 0.15) is 0 Å². The zero-order chi connectivity index (χ0) is 14.6. The Morgan fingerprint density at radius 2 is 1.80 bits per heavy atom. The van der Waals surface area contributed by atoms with Crippen LogP contribution >= 0.6 is 0 Å². The number of hydrogen-bond acceptors (Lipinski definition) is 4. The molecule has 4 nitrogen and oxygen atoms in total. The second-order valence-electron chi connectivity index (χ2n) is 6.52. The molecule has 2 fully saturated rings. The first-order valence-corrected chi connectivity index (χ1v) is 7.64. The van der Waals surface area contributed by atoms with E-state index >= 15 is 0 Å². The summed E-state index contributed by atoms with van der Waals surface area (Å²) >= 11 is 0. The van der Waals surface area contributed by atoms with Gasteiger partial charge < -0.3 is 18.8 Å². The highest BCUT2D eigenvalue weighted by Gasteiger charge is 2.50. The molecule has 0 amide bonds. The molecule has 2 aliphatic heterocycles. The Morgan fingerprint density at radius 1 is 1.10 bits per heavy atom. The average Bonchev–Trinajstić information content (AvgIpc) is 2.58. The van der Waals surface area contributed by atoms with Gasteiger partial charge in [0.05, 0.1) is 17.8 Å². The Bertz CT molecular complexity index is 319. The molecule has 20 heavy (non-hydrogen) atoms. The van der Waals surface area contributed by atoms with Crippen LogP contribution in [-0.4, -0.2) is 37.8 Å². The van der Waals surface area contributed by atoms with Gasteiger partial charge in [-0.15, -0.1) is 0 Å². The number of hydrogen-bond donors (Lipinski definition) is 0. The van der Waals surface area contributed by atoms with Gasteiger partial charge in [0, 0.05) is 12.9 Å².